The largest absolute Gasteiger partial charge is 0.472 e. The first kappa shape index (κ1) is 30.9. The fourth-order valence-corrected chi connectivity index (χ4v) is 5.69. The second kappa shape index (κ2) is 12.2. The van der Waals surface area contributed by atoms with Crippen LogP contribution in [0.1, 0.15) is 71.6 Å². The Kier molecular flexibility index (Phi) is 8.59. The summed E-state index contributed by atoms with van der Waals surface area (Å²) in [5.41, 5.74) is 2.12. The standard InChI is InChI=1S/C35H40N2O7/c1-34(2,3)43-32(39)36-16-10-13-28(30(36)23-11-8-7-9-12-23)37(33(40)44-35(4,5)6)29(38)21-27-20-26(25-14-17-41-22-25)19-24-15-18-42-31(24)27/h7-9,11-12,14-15,17-20,22,28,30H,10,13,16,21H2,1-6H3. The summed E-state index contributed by atoms with van der Waals surface area (Å²) in [6.45, 7) is 11.1. The molecule has 3 heterocycles. The number of benzene rings is 2. The topological polar surface area (TPSA) is 102 Å². The van der Waals surface area contributed by atoms with Gasteiger partial charge in [0.05, 0.1) is 37.3 Å². The maximum Gasteiger partial charge on any atom is 0.417 e. The monoisotopic (exact) mass is 600 g/mol. The molecule has 4 aromatic rings. The van der Waals surface area contributed by atoms with E-state index in [0.29, 0.717) is 30.5 Å². The summed E-state index contributed by atoms with van der Waals surface area (Å²) in [5.74, 6) is -0.460. The minimum absolute atomic E-state index is 0.126. The lowest BCUT2D eigenvalue weighted by Gasteiger charge is -2.45. The van der Waals surface area contributed by atoms with Crippen LogP contribution in [0.15, 0.2) is 82.2 Å². The number of likely N-dealkylation sites (tertiary alicyclic amines) is 1. The van der Waals surface area contributed by atoms with Crippen molar-refractivity contribution in [3.63, 3.8) is 0 Å². The molecule has 5 rings (SSSR count). The first-order valence-electron chi connectivity index (χ1n) is 14.9. The third kappa shape index (κ3) is 6.98. The number of carbonyl (C=O) groups excluding carboxylic acids is 3. The molecular weight excluding hydrogens is 560 g/mol. The minimum atomic E-state index is -0.854. The molecule has 1 saturated heterocycles. The molecule has 0 radical (unpaired) electrons. The van der Waals surface area contributed by atoms with Crippen molar-refractivity contribution in [3.05, 3.63) is 84.5 Å². The van der Waals surface area contributed by atoms with Crippen LogP contribution in [0.2, 0.25) is 0 Å². The average molecular weight is 601 g/mol. The summed E-state index contributed by atoms with van der Waals surface area (Å²) in [7, 11) is 0. The zero-order valence-corrected chi connectivity index (χ0v) is 26.2. The zero-order chi connectivity index (χ0) is 31.6. The second-order valence-corrected chi connectivity index (χ2v) is 13.1. The van der Waals surface area contributed by atoms with Crippen molar-refractivity contribution in [2.24, 2.45) is 0 Å². The van der Waals surface area contributed by atoms with Gasteiger partial charge in [-0.2, -0.15) is 0 Å². The van der Waals surface area contributed by atoms with Gasteiger partial charge in [-0.05, 0) is 89.8 Å². The van der Waals surface area contributed by atoms with Gasteiger partial charge in [0.15, 0.2) is 0 Å². The number of piperidine rings is 1. The summed E-state index contributed by atoms with van der Waals surface area (Å²) < 4.78 is 22.7. The molecule has 0 bridgehead atoms. The highest BCUT2D eigenvalue weighted by molar-refractivity contribution is 5.97. The molecule has 2 unspecified atom stereocenters. The van der Waals surface area contributed by atoms with Gasteiger partial charge in [0, 0.05) is 23.1 Å². The van der Waals surface area contributed by atoms with Crippen molar-refractivity contribution in [2.75, 3.05) is 6.54 Å². The van der Waals surface area contributed by atoms with E-state index in [4.69, 9.17) is 18.3 Å². The third-order valence-electron chi connectivity index (χ3n) is 7.38. The van der Waals surface area contributed by atoms with E-state index in [9.17, 15) is 14.4 Å². The summed E-state index contributed by atoms with van der Waals surface area (Å²) in [6, 6.07) is 15.6. The summed E-state index contributed by atoms with van der Waals surface area (Å²) in [4.78, 5) is 44.8. The van der Waals surface area contributed by atoms with Crippen LogP contribution in [0.5, 0.6) is 0 Å². The molecule has 2 aromatic heterocycles. The van der Waals surface area contributed by atoms with E-state index in [0.717, 1.165) is 22.1 Å². The second-order valence-electron chi connectivity index (χ2n) is 13.1. The van der Waals surface area contributed by atoms with E-state index in [1.165, 1.54) is 4.90 Å². The van der Waals surface area contributed by atoms with E-state index >= 15 is 0 Å². The molecule has 1 aliphatic heterocycles. The summed E-state index contributed by atoms with van der Waals surface area (Å²) in [6.07, 6.45) is 4.46. The predicted molar refractivity (Wildman–Crippen MR) is 166 cm³/mol. The van der Waals surface area contributed by atoms with Gasteiger partial charge in [-0.1, -0.05) is 30.3 Å². The lowest BCUT2D eigenvalue weighted by molar-refractivity contribution is -0.134. The average Bonchev–Trinajstić information content (AvgIpc) is 3.64. The number of amides is 3. The zero-order valence-electron chi connectivity index (χ0n) is 26.2. The highest BCUT2D eigenvalue weighted by Crippen LogP contribution is 2.37. The molecule has 9 nitrogen and oxygen atoms in total. The Labute approximate surface area is 257 Å². The van der Waals surface area contributed by atoms with Gasteiger partial charge >= 0.3 is 12.2 Å². The molecule has 2 aromatic carbocycles. The summed E-state index contributed by atoms with van der Waals surface area (Å²) in [5, 5.41) is 0.825. The first-order chi connectivity index (χ1) is 20.8. The molecule has 0 saturated carbocycles. The van der Waals surface area contributed by atoms with Crippen molar-refractivity contribution < 1.29 is 32.7 Å². The lowest BCUT2D eigenvalue weighted by atomic mass is 9.89. The van der Waals surface area contributed by atoms with E-state index in [1.54, 1.807) is 44.5 Å². The predicted octanol–water partition coefficient (Wildman–Crippen LogP) is 8.14. The van der Waals surface area contributed by atoms with Gasteiger partial charge in [0.1, 0.15) is 16.8 Å². The molecule has 1 aliphatic rings. The van der Waals surface area contributed by atoms with Crippen LogP contribution in [-0.2, 0) is 20.7 Å². The first-order valence-corrected chi connectivity index (χ1v) is 14.9. The summed E-state index contributed by atoms with van der Waals surface area (Å²) >= 11 is 0. The fourth-order valence-electron chi connectivity index (χ4n) is 5.69. The van der Waals surface area contributed by atoms with Crippen LogP contribution in [0, 0.1) is 0 Å². The number of ether oxygens (including phenoxy) is 2. The van der Waals surface area contributed by atoms with Crippen molar-refractivity contribution in [1.29, 1.82) is 0 Å². The number of carbonyl (C=O) groups is 3. The highest BCUT2D eigenvalue weighted by atomic mass is 16.6. The van der Waals surface area contributed by atoms with Crippen LogP contribution in [-0.4, -0.2) is 51.7 Å². The van der Waals surface area contributed by atoms with Crippen LogP contribution < -0.4 is 0 Å². The molecule has 1 fully saturated rings. The molecule has 0 aliphatic carbocycles. The smallest absolute Gasteiger partial charge is 0.417 e. The number of rotatable bonds is 5. The fraction of sp³-hybridized carbons (Fsp3) is 0.400. The molecule has 44 heavy (non-hydrogen) atoms. The van der Waals surface area contributed by atoms with E-state index in [2.05, 4.69) is 0 Å². The Morgan fingerprint density at radius 2 is 1.64 bits per heavy atom. The Morgan fingerprint density at radius 3 is 2.30 bits per heavy atom. The van der Waals surface area contributed by atoms with Crippen molar-refractivity contribution in [3.8, 4) is 11.1 Å². The number of hydrogen-bond acceptors (Lipinski definition) is 7. The van der Waals surface area contributed by atoms with E-state index < -0.39 is 41.4 Å². The maximum absolute atomic E-state index is 14.4. The number of fused-ring (bicyclic) bond motifs is 1. The van der Waals surface area contributed by atoms with Gasteiger partial charge in [0.25, 0.3) is 0 Å². The van der Waals surface area contributed by atoms with Crippen LogP contribution in [0.3, 0.4) is 0 Å². The molecule has 0 spiro atoms. The molecular formula is C35H40N2O7. The van der Waals surface area contributed by atoms with Crippen molar-refractivity contribution >= 4 is 29.1 Å². The van der Waals surface area contributed by atoms with Crippen LogP contribution in [0.4, 0.5) is 9.59 Å². The minimum Gasteiger partial charge on any atom is -0.472 e. The molecule has 0 N–H and O–H groups in total. The Morgan fingerprint density at radius 1 is 0.909 bits per heavy atom. The van der Waals surface area contributed by atoms with E-state index in [1.807, 2.05) is 75.4 Å². The number of furan rings is 2. The molecule has 2 atom stereocenters. The number of hydrogen-bond donors (Lipinski definition) is 0. The third-order valence-corrected chi connectivity index (χ3v) is 7.38. The van der Waals surface area contributed by atoms with Crippen molar-refractivity contribution in [2.45, 2.75) is 84.1 Å². The highest BCUT2D eigenvalue weighted by Gasteiger charge is 2.45. The van der Waals surface area contributed by atoms with Gasteiger partial charge in [-0.25, -0.2) is 14.5 Å². The van der Waals surface area contributed by atoms with Crippen LogP contribution in [0.25, 0.3) is 22.1 Å². The molecule has 3 amide bonds. The normalized spacial score (nSPS) is 17.4. The lowest BCUT2D eigenvalue weighted by Crippen LogP contribution is -2.57. The van der Waals surface area contributed by atoms with Crippen LogP contribution >= 0.6 is 0 Å². The van der Waals surface area contributed by atoms with Crippen molar-refractivity contribution in [1.82, 2.24) is 9.80 Å². The number of imide groups is 1. The van der Waals surface area contributed by atoms with E-state index in [-0.39, 0.29) is 6.42 Å². The Balaban J connectivity index is 1.57. The Hall–Kier alpha value is -4.53. The van der Waals surface area contributed by atoms with Gasteiger partial charge in [-0.15, -0.1) is 0 Å². The molecule has 9 heteroatoms. The Bertz CT molecular complexity index is 1610. The number of nitrogens with zero attached hydrogens (tertiary/aromatic N) is 2. The SMILES string of the molecule is CC(C)(C)OC(=O)N1CCCC(N(C(=O)Cc2cc(-c3ccoc3)cc3ccoc23)C(=O)OC(C)(C)C)C1c1ccccc1. The quantitative estimate of drug-likeness (QED) is 0.228. The van der Waals surface area contributed by atoms with Gasteiger partial charge in [-0.3, -0.25) is 9.69 Å². The maximum atomic E-state index is 14.4. The van der Waals surface area contributed by atoms with Gasteiger partial charge in [0.2, 0.25) is 5.91 Å². The molecule has 232 valence electrons. The van der Waals surface area contributed by atoms with Gasteiger partial charge < -0.3 is 18.3 Å².